The van der Waals surface area contributed by atoms with Crippen LogP contribution >= 0.6 is 0 Å². The van der Waals surface area contributed by atoms with E-state index < -0.39 is 18.7 Å². The summed E-state index contributed by atoms with van der Waals surface area (Å²) < 4.78 is 21.0. The Balaban J connectivity index is 2.21. The standard InChI is InChI=1S/C12H12FN3O4/c1-19-12(18)16-11-14-8-3-2-7(6-9(8)15-11)10(17)20-5-4-13/h2-3,6H,4-5H2,1H3,(H2,14,15,16,18). The molecule has 20 heavy (non-hydrogen) atoms. The number of halogens is 1. The molecule has 0 radical (unpaired) electrons. The first kappa shape index (κ1) is 13.8. The number of fused-ring (bicyclic) bond motifs is 1. The first-order valence-electron chi connectivity index (χ1n) is 5.72. The maximum absolute atomic E-state index is 11.9. The van der Waals surface area contributed by atoms with E-state index in [9.17, 15) is 14.0 Å². The summed E-state index contributed by atoms with van der Waals surface area (Å²) in [5, 5.41) is 2.37. The number of anilines is 1. The third-order valence-electron chi connectivity index (χ3n) is 2.43. The number of nitrogens with zero attached hydrogens (tertiary/aromatic N) is 1. The Bertz CT molecular complexity index is 641. The molecule has 0 aliphatic heterocycles. The van der Waals surface area contributed by atoms with Gasteiger partial charge in [0.2, 0.25) is 5.95 Å². The van der Waals surface area contributed by atoms with E-state index in [-0.39, 0.29) is 18.1 Å². The van der Waals surface area contributed by atoms with E-state index in [1.54, 1.807) is 6.07 Å². The Morgan fingerprint density at radius 1 is 1.45 bits per heavy atom. The second-order valence-corrected chi connectivity index (χ2v) is 3.76. The minimum Gasteiger partial charge on any atom is -0.459 e. The molecule has 1 aromatic heterocycles. The number of carbonyl (C=O) groups is 2. The van der Waals surface area contributed by atoms with Crippen molar-refractivity contribution in [2.24, 2.45) is 0 Å². The zero-order chi connectivity index (χ0) is 14.5. The number of aromatic nitrogens is 2. The molecule has 0 bridgehead atoms. The predicted octanol–water partition coefficient (Wildman–Crippen LogP) is 1.87. The van der Waals surface area contributed by atoms with Crippen LogP contribution in [0, 0.1) is 0 Å². The van der Waals surface area contributed by atoms with Gasteiger partial charge in [0.1, 0.15) is 13.3 Å². The van der Waals surface area contributed by atoms with Gasteiger partial charge >= 0.3 is 12.1 Å². The summed E-state index contributed by atoms with van der Waals surface area (Å²) in [6.07, 6.45) is -0.661. The normalized spacial score (nSPS) is 10.3. The molecule has 2 N–H and O–H groups in total. The quantitative estimate of drug-likeness (QED) is 0.834. The van der Waals surface area contributed by atoms with Crippen molar-refractivity contribution in [3.05, 3.63) is 23.8 Å². The molecule has 2 aromatic rings. The minimum atomic E-state index is -0.731. The molecule has 0 saturated carbocycles. The van der Waals surface area contributed by atoms with Crippen LogP contribution in [0.25, 0.3) is 11.0 Å². The number of imidazole rings is 1. The first-order valence-corrected chi connectivity index (χ1v) is 5.72. The lowest BCUT2D eigenvalue weighted by Gasteiger charge is -2.01. The molecule has 0 atom stereocenters. The van der Waals surface area contributed by atoms with Gasteiger partial charge in [0, 0.05) is 0 Å². The van der Waals surface area contributed by atoms with Gasteiger partial charge in [-0.05, 0) is 18.2 Å². The molecule has 8 heteroatoms. The topological polar surface area (TPSA) is 93.3 Å². The Hall–Kier alpha value is -2.64. The van der Waals surface area contributed by atoms with Crippen molar-refractivity contribution in [1.82, 2.24) is 9.97 Å². The first-order chi connectivity index (χ1) is 9.63. The van der Waals surface area contributed by atoms with Crippen LogP contribution in [-0.4, -0.2) is 42.4 Å². The van der Waals surface area contributed by atoms with Crippen molar-refractivity contribution in [3.8, 4) is 0 Å². The molecule has 0 aliphatic carbocycles. The van der Waals surface area contributed by atoms with Crippen LogP contribution in [0.4, 0.5) is 15.1 Å². The molecule has 1 heterocycles. The van der Waals surface area contributed by atoms with Crippen LogP contribution in [0.3, 0.4) is 0 Å². The number of methoxy groups -OCH3 is 1. The lowest BCUT2D eigenvalue weighted by atomic mass is 10.2. The van der Waals surface area contributed by atoms with E-state index in [4.69, 9.17) is 0 Å². The number of rotatable bonds is 4. The van der Waals surface area contributed by atoms with Crippen molar-refractivity contribution < 1.29 is 23.5 Å². The molecule has 7 nitrogen and oxygen atoms in total. The third-order valence-corrected chi connectivity index (χ3v) is 2.43. The lowest BCUT2D eigenvalue weighted by molar-refractivity contribution is 0.0481. The average Bonchev–Trinajstić information content (AvgIpc) is 2.85. The number of carbonyl (C=O) groups excluding carboxylic acids is 2. The number of nitrogens with one attached hydrogen (secondary N) is 2. The highest BCUT2D eigenvalue weighted by Crippen LogP contribution is 2.17. The highest BCUT2D eigenvalue weighted by Gasteiger charge is 2.11. The molecule has 106 valence electrons. The predicted molar refractivity (Wildman–Crippen MR) is 68.4 cm³/mol. The molecular formula is C12H12FN3O4. The summed E-state index contributed by atoms with van der Waals surface area (Å²) >= 11 is 0. The summed E-state index contributed by atoms with van der Waals surface area (Å²) in [5.74, 6) is -0.428. The average molecular weight is 281 g/mol. The number of alkyl halides is 1. The molecule has 0 unspecified atom stereocenters. The maximum atomic E-state index is 11.9. The highest BCUT2D eigenvalue weighted by atomic mass is 19.1. The van der Waals surface area contributed by atoms with Gasteiger partial charge < -0.3 is 14.5 Å². The van der Waals surface area contributed by atoms with Gasteiger partial charge in [-0.2, -0.15) is 0 Å². The van der Waals surface area contributed by atoms with Crippen molar-refractivity contribution in [1.29, 1.82) is 0 Å². The summed E-state index contributed by atoms with van der Waals surface area (Å²) in [7, 11) is 1.23. The van der Waals surface area contributed by atoms with Gasteiger partial charge in [0.25, 0.3) is 0 Å². The fourth-order valence-corrected chi connectivity index (χ4v) is 1.56. The molecule has 0 spiro atoms. The summed E-state index contributed by atoms with van der Waals surface area (Å²) in [5.41, 5.74) is 1.35. The monoisotopic (exact) mass is 281 g/mol. The summed E-state index contributed by atoms with van der Waals surface area (Å²) in [4.78, 5) is 29.5. The van der Waals surface area contributed by atoms with Gasteiger partial charge in [-0.25, -0.2) is 19.0 Å². The van der Waals surface area contributed by atoms with E-state index in [0.717, 1.165) is 0 Å². The Kier molecular flexibility index (Phi) is 4.14. The molecule has 0 saturated heterocycles. The van der Waals surface area contributed by atoms with E-state index in [1.807, 2.05) is 0 Å². The Morgan fingerprint density at radius 3 is 2.95 bits per heavy atom. The Morgan fingerprint density at radius 2 is 2.25 bits per heavy atom. The van der Waals surface area contributed by atoms with Crippen LogP contribution in [0.15, 0.2) is 18.2 Å². The van der Waals surface area contributed by atoms with Crippen molar-refractivity contribution in [2.45, 2.75) is 0 Å². The largest absolute Gasteiger partial charge is 0.459 e. The number of amides is 1. The maximum Gasteiger partial charge on any atom is 0.413 e. The van der Waals surface area contributed by atoms with Crippen molar-refractivity contribution >= 4 is 29.0 Å². The van der Waals surface area contributed by atoms with Crippen molar-refractivity contribution in [2.75, 3.05) is 25.7 Å². The zero-order valence-electron chi connectivity index (χ0n) is 10.6. The molecule has 0 aliphatic rings. The number of aromatic amines is 1. The van der Waals surface area contributed by atoms with Crippen LogP contribution in [0.2, 0.25) is 0 Å². The minimum absolute atomic E-state index is 0.195. The fraction of sp³-hybridized carbons (Fsp3) is 0.250. The molecular weight excluding hydrogens is 269 g/mol. The number of benzene rings is 1. The summed E-state index contributed by atoms with van der Waals surface area (Å²) in [6.45, 7) is -1.01. The number of esters is 1. The van der Waals surface area contributed by atoms with Crippen LogP contribution in [0.1, 0.15) is 10.4 Å². The van der Waals surface area contributed by atoms with Crippen LogP contribution in [-0.2, 0) is 9.47 Å². The molecule has 0 fully saturated rings. The zero-order valence-corrected chi connectivity index (χ0v) is 10.6. The summed E-state index contributed by atoms with van der Waals surface area (Å²) in [6, 6.07) is 4.59. The number of hydrogen-bond acceptors (Lipinski definition) is 5. The van der Waals surface area contributed by atoms with E-state index in [0.29, 0.717) is 11.0 Å². The van der Waals surface area contributed by atoms with Gasteiger partial charge in [0.05, 0.1) is 23.7 Å². The molecule has 1 aromatic carbocycles. The van der Waals surface area contributed by atoms with Gasteiger partial charge in [-0.15, -0.1) is 0 Å². The third kappa shape index (κ3) is 3.02. The van der Waals surface area contributed by atoms with Crippen LogP contribution < -0.4 is 5.32 Å². The van der Waals surface area contributed by atoms with Crippen molar-refractivity contribution in [3.63, 3.8) is 0 Å². The van der Waals surface area contributed by atoms with E-state index in [1.165, 1.54) is 19.2 Å². The second kappa shape index (κ2) is 6.00. The highest BCUT2D eigenvalue weighted by molar-refractivity contribution is 5.94. The number of H-pyrrole nitrogens is 1. The Labute approximate surface area is 113 Å². The van der Waals surface area contributed by atoms with Gasteiger partial charge in [-0.3, -0.25) is 5.32 Å². The number of hydrogen-bond donors (Lipinski definition) is 2. The smallest absolute Gasteiger partial charge is 0.413 e. The second-order valence-electron chi connectivity index (χ2n) is 3.76. The van der Waals surface area contributed by atoms with Gasteiger partial charge in [-0.1, -0.05) is 0 Å². The molecule has 2 rings (SSSR count). The van der Waals surface area contributed by atoms with E-state index >= 15 is 0 Å². The van der Waals surface area contributed by atoms with E-state index in [2.05, 4.69) is 24.8 Å². The lowest BCUT2D eigenvalue weighted by Crippen LogP contribution is -2.11. The SMILES string of the molecule is COC(=O)Nc1nc2ccc(C(=O)OCCF)cc2[nH]1. The fourth-order valence-electron chi connectivity index (χ4n) is 1.56. The van der Waals surface area contributed by atoms with Gasteiger partial charge in [0.15, 0.2) is 0 Å². The molecule has 1 amide bonds. The number of ether oxygens (including phenoxy) is 2. The van der Waals surface area contributed by atoms with Crippen LogP contribution in [0.5, 0.6) is 0 Å².